The Labute approximate surface area is 115 Å². The zero-order valence-corrected chi connectivity index (χ0v) is 11.8. The second kappa shape index (κ2) is 5.33. The maximum atomic E-state index is 5.35. The van der Waals surface area contributed by atoms with Gasteiger partial charge < -0.3 is 9.64 Å². The number of aromatic nitrogens is 1. The van der Waals surface area contributed by atoms with E-state index in [0.29, 0.717) is 11.8 Å². The number of pyridine rings is 1. The average molecular weight is 258 g/mol. The molecule has 1 saturated heterocycles. The molecule has 0 N–H and O–H groups in total. The highest BCUT2D eigenvalue weighted by atomic mass is 16.5. The van der Waals surface area contributed by atoms with Crippen molar-refractivity contribution in [2.24, 2.45) is 5.92 Å². The first-order valence-electron chi connectivity index (χ1n) is 7.17. The SMILES string of the molecule is COc1ncc(/C=C/[C@@H]2CCN(C)C2)cc1C1CC1. The van der Waals surface area contributed by atoms with Crippen molar-refractivity contribution in [3.63, 3.8) is 0 Å². The number of ether oxygens (including phenoxy) is 1. The Kier molecular flexibility index (Phi) is 3.56. The molecule has 1 aromatic heterocycles. The van der Waals surface area contributed by atoms with E-state index >= 15 is 0 Å². The predicted octanol–water partition coefficient (Wildman–Crippen LogP) is 2.93. The lowest BCUT2D eigenvalue weighted by Crippen LogP contribution is -2.13. The molecular formula is C16H22N2O. The lowest BCUT2D eigenvalue weighted by atomic mass is 10.1. The Hall–Kier alpha value is -1.35. The monoisotopic (exact) mass is 258 g/mol. The Bertz CT molecular complexity index is 480. The van der Waals surface area contributed by atoms with Crippen LogP contribution in [-0.4, -0.2) is 37.1 Å². The molecule has 0 radical (unpaired) electrons. The third-order valence-electron chi connectivity index (χ3n) is 4.10. The van der Waals surface area contributed by atoms with Gasteiger partial charge >= 0.3 is 0 Å². The van der Waals surface area contributed by atoms with Crippen molar-refractivity contribution in [3.05, 3.63) is 29.5 Å². The molecule has 102 valence electrons. The maximum Gasteiger partial charge on any atom is 0.216 e. The Morgan fingerprint density at radius 1 is 1.37 bits per heavy atom. The number of rotatable bonds is 4. The van der Waals surface area contributed by atoms with E-state index in [4.69, 9.17) is 4.74 Å². The van der Waals surface area contributed by atoms with Gasteiger partial charge in [0.1, 0.15) is 0 Å². The van der Waals surface area contributed by atoms with Crippen molar-refractivity contribution in [1.82, 2.24) is 9.88 Å². The summed E-state index contributed by atoms with van der Waals surface area (Å²) in [6.45, 7) is 2.39. The Morgan fingerprint density at radius 3 is 2.84 bits per heavy atom. The van der Waals surface area contributed by atoms with E-state index in [9.17, 15) is 0 Å². The number of likely N-dealkylation sites (tertiary alicyclic amines) is 1. The number of hydrogen-bond acceptors (Lipinski definition) is 3. The molecule has 1 aliphatic heterocycles. The summed E-state index contributed by atoms with van der Waals surface area (Å²) in [5, 5.41) is 0. The van der Waals surface area contributed by atoms with E-state index in [2.05, 4.69) is 35.1 Å². The zero-order chi connectivity index (χ0) is 13.2. The third kappa shape index (κ3) is 2.98. The first kappa shape index (κ1) is 12.7. The van der Waals surface area contributed by atoms with E-state index in [1.165, 1.54) is 43.5 Å². The summed E-state index contributed by atoms with van der Waals surface area (Å²) in [4.78, 5) is 6.82. The van der Waals surface area contributed by atoms with Crippen LogP contribution in [0.5, 0.6) is 5.88 Å². The van der Waals surface area contributed by atoms with E-state index in [0.717, 1.165) is 5.88 Å². The largest absolute Gasteiger partial charge is 0.481 e. The standard InChI is InChI=1S/C16H22N2O/c1-18-8-7-12(11-18)3-4-13-9-15(14-5-6-14)16(19-2)17-10-13/h3-4,9-10,12,14H,5-8,11H2,1-2H3/b4-3+/t12-/m1/s1. The van der Waals surface area contributed by atoms with Gasteiger partial charge in [-0.25, -0.2) is 4.98 Å². The molecule has 19 heavy (non-hydrogen) atoms. The second-order valence-electron chi connectivity index (χ2n) is 5.81. The lowest BCUT2D eigenvalue weighted by molar-refractivity contribution is 0.392. The number of nitrogens with zero attached hydrogens (tertiary/aromatic N) is 2. The summed E-state index contributed by atoms with van der Waals surface area (Å²) in [7, 11) is 3.89. The van der Waals surface area contributed by atoms with Crippen molar-refractivity contribution in [3.8, 4) is 5.88 Å². The van der Waals surface area contributed by atoms with Crippen LogP contribution in [0.4, 0.5) is 0 Å². The molecule has 1 saturated carbocycles. The molecule has 0 amide bonds. The predicted molar refractivity (Wildman–Crippen MR) is 77.4 cm³/mol. The Morgan fingerprint density at radius 2 is 2.21 bits per heavy atom. The minimum atomic E-state index is 0.674. The first-order valence-corrected chi connectivity index (χ1v) is 7.17. The van der Waals surface area contributed by atoms with Gasteiger partial charge in [0.2, 0.25) is 5.88 Å². The van der Waals surface area contributed by atoms with Gasteiger partial charge in [0, 0.05) is 18.3 Å². The van der Waals surface area contributed by atoms with Crippen LogP contribution in [0.3, 0.4) is 0 Å². The van der Waals surface area contributed by atoms with Crippen molar-refractivity contribution in [1.29, 1.82) is 0 Å². The lowest BCUT2D eigenvalue weighted by Gasteiger charge is -2.08. The molecule has 2 fully saturated rings. The third-order valence-corrected chi connectivity index (χ3v) is 4.10. The molecule has 3 nitrogen and oxygen atoms in total. The van der Waals surface area contributed by atoms with Gasteiger partial charge in [-0.3, -0.25) is 0 Å². The Balaban J connectivity index is 1.74. The van der Waals surface area contributed by atoms with Gasteiger partial charge in [-0.15, -0.1) is 0 Å². The normalized spacial score (nSPS) is 24.2. The van der Waals surface area contributed by atoms with Crippen LogP contribution in [0, 0.1) is 5.92 Å². The molecule has 3 rings (SSSR count). The van der Waals surface area contributed by atoms with Crippen LogP contribution in [0.15, 0.2) is 18.3 Å². The van der Waals surface area contributed by atoms with E-state index in [-0.39, 0.29) is 0 Å². The van der Waals surface area contributed by atoms with Crippen LogP contribution in [0.25, 0.3) is 6.08 Å². The summed E-state index contributed by atoms with van der Waals surface area (Å²) >= 11 is 0. The first-order chi connectivity index (χ1) is 9.26. The second-order valence-corrected chi connectivity index (χ2v) is 5.81. The van der Waals surface area contributed by atoms with E-state index in [1.807, 2.05) is 6.20 Å². The molecule has 3 heteroatoms. The summed E-state index contributed by atoms with van der Waals surface area (Å²) in [5.74, 6) is 2.17. The van der Waals surface area contributed by atoms with Crippen molar-refractivity contribution in [2.45, 2.75) is 25.2 Å². The van der Waals surface area contributed by atoms with Crippen LogP contribution < -0.4 is 4.74 Å². The van der Waals surface area contributed by atoms with Gasteiger partial charge in [-0.2, -0.15) is 0 Å². The summed E-state index contributed by atoms with van der Waals surface area (Å²) in [6.07, 6.45) is 10.3. The fraction of sp³-hybridized carbons (Fsp3) is 0.562. The van der Waals surface area contributed by atoms with Crippen LogP contribution in [-0.2, 0) is 0 Å². The highest BCUT2D eigenvalue weighted by molar-refractivity contribution is 5.52. The number of methoxy groups -OCH3 is 1. The van der Waals surface area contributed by atoms with Gasteiger partial charge in [0.25, 0.3) is 0 Å². The van der Waals surface area contributed by atoms with Crippen molar-refractivity contribution < 1.29 is 4.74 Å². The summed E-state index contributed by atoms with van der Waals surface area (Å²) in [5.41, 5.74) is 2.49. The van der Waals surface area contributed by atoms with Crippen molar-refractivity contribution >= 4 is 6.08 Å². The maximum absolute atomic E-state index is 5.35. The van der Waals surface area contributed by atoms with Crippen LogP contribution >= 0.6 is 0 Å². The smallest absolute Gasteiger partial charge is 0.216 e. The molecule has 1 aromatic rings. The minimum absolute atomic E-state index is 0.674. The molecule has 2 heterocycles. The summed E-state index contributed by atoms with van der Waals surface area (Å²) in [6, 6.07) is 2.25. The molecule has 0 aromatic carbocycles. The molecule has 2 aliphatic rings. The summed E-state index contributed by atoms with van der Waals surface area (Å²) < 4.78 is 5.35. The van der Waals surface area contributed by atoms with E-state index < -0.39 is 0 Å². The fourth-order valence-corrected chi connectivity index (χ4v) is 2.81. The highest BCUT2D eigenvalue weighted by Crippen LogP contribution is 2.43. The molecule has 0 bridgehead atoms. The quantitative estimate of drug-likeness (QED) is 0.830. The van der Waals surface area contributed by atoms with Gasteiger partial charge in [-0.1, -0.05) is 12.2 Å². The van der Waals surface area contributed by atoms with Crippen molar-refractivity contribution in [2.75, 3.05) is 27.2 Å². The zero-order valence-electron chi connectivity index (χ0n) is 11.8. The molecule has 0 spiro atoms. The van der Waals surface area contributed by atoms with Crippen LogP contribution in [0.2, 0.25) is 0 Å². The van der Waals surface area contributed by atoms with Gasteiger partial charge in [-0.05, 0) is 56.3 Å². The van der Waals surface area contributed by atoms with Gasteiger partial charge in [0.05, 0.1) is 7.11 Å². The molecule has 1 aliphatic carbocycles. The highest BCUT2D eigenvalue weighted by Gasteiger charge is 2.27. The topological polar surface area (TPSA) is 25.4 Å². The van der Waals surface area contributed by atoms with Gasteiger partial charge in [0.15, 0.2) is 0 Å². The van der Waals surface area contributed by atoms with Crippen LogP contribution in [0.1, 0.15) is 36.3 Å². The fourth-order valence-electron chi connectivity index (χ4n) is 2.81. The average Bonchev–Trinajstić information content (AvgIpc) is 3.19. The number of hydrogen-bond donors (Lipinski definition) is 0. The van der Waals surface area contributed by atoms with E-state index in [1.54, 1.807) is 7.11 Å². The molecule has 0 unspecified atom stereocenters. The molecular weight excluding hydrogens is 236 g/mol. The minimum Gasteiger partial charge on any atom is -0.481 e. The molecule has 1 atom stereocenters.